The maximum Gasteiger partial charge on any atom is 0.277 e. The molecule has 1 N–H and O–H groups in total. The Labute approximate surface area is 183 Å². The monoisotopic (exact) mass is 429 g/mol. The Kier molecular flexibility index (Phi) is 6.24. The van der Waals surface area contributed by atoms with Crippen molar-refractivity contribution < 1.29 is 14.0 Å². The highest BCUT2D eigenvalue weighted by Crippen LogP contribution is 2.26. The Balaban J connectivity index is 1.41. The fourth-order valence-corrected chi connectivity index (χ4v) is 3.60. The predicted octanol–water partition coefficient (Wildman–Crippen LogP) is 5.01. The van der Waals surface area contributed by atoms with Crippen molar-refractivity contribution in [2.75, 3.05) is 11.1 Å². The van der Waals surface area contributed by atoms with E-state index in [1.807, 2.05) is 37.3 Å². The number of hydrogen-bond acceptors (Lipinski definition) is 6. The standard InChI is InChI=1S/C24H19N3O3S/c1-16-9-5-6-12-18(16)23-26-27-24(30-23)31-15-21(28)25-20-14-8-7-13-19(20)22(29)17-10-3-2-4-11-17/h2-14H,15H2,1H3,(H,25,28). The van der Waals surface area contributed by atoms with Gasteiger partial charge < -0.3 is 9.73 Å². The van der Waals surface area contributed by atoms with Crippen LogP contribution in [0.3, 0.4) is 0 Å². The summed E-state index contributed by atoms with van der Waals surface area (Å²) in [5.74, 6) is 0.0705. The van der Waals surface area contributed by atoms with Crippen molar-refractivity contribution >= 4 is 29.1 Å². The smallest absolute Gasteiger partial charge is 0.277 e. The van der Waals surface area contributed by atoms with Crippen LogP contribution in [0.15, 0.2) is 88.5 Å². The lowest BCUT2D eigenvalue weighted by molar-refractivity contribution is -0.113. The highest BCUT2D eigenvalue weighted by molar-refractivity contribution is 7.99. The van der Waals surface area contributed by atoms with Gasteiger partial charge in [0.05, 0.1) is 11.4 Å². The van der Waals surface area contributed by atoms with Gasteiger partial charge in [-0.2, -0.15) is 0 Å². The van der Waals surface area contributed by atoms with Crippen LogP contribution < -0.4 is 5.32 Å². The fraction of sp³-hybridized carbons (Fsp3) is 0.0833. The molecule has 0 aliphatic carbocycles. The summed E-state index contributed by atoms with van der Waals surface area (Å²) in [6.45, 7) is 1.97. The minimum absolute atomic E-state index is 0.0727. The maximum atomic E-state index is 12.8. The number of nitrogens with one attached hydrogen (secondary N) is 1. The number of carbonyl (C=O) groups excluding carboxylic acids is 2. The van der Waals surface area contributed by atoms with Crippen molar-refractivity contribution in [2.45, 2.75) is 12.1 Å². The lowest BCUT2D eigenvalue weighted by Crippen LogP contribution is -2.17. The van der Waals surface area contributed by atoms with Crippen LogP contribution in [-0.2, 0) is 4.79 Å². The van der Waals surface area contributed by atoms with Gasteiger partial charge >= 0.3 is 0 Å². The Morgan fingerprint density at radius 1 is 0.903 bits per heavy atom. The van der Waals surface area contributed by atoms with Gasteiger partial charge in [-0.05, 0) is 30.7 Å². The highest BCUT2D eigenvalue weighted by Gasteiger charge is 2.16. The zero-order valence-electron chi connectivity index (χ0n) is 16.7. The second-order valence-electron chi connectivity index (χ2n) is 6.77. The summed E-state index contributed by atoms with van der Waals surface area (Å²) in [4.78, 5) is 25.3. The number of para-hydroxylation sites is 1. The second-order valence-corrected chi connectivity index (χ2v) is 7.69. The van der Waals surface area contributed by atoms with Gasteiger partial charge in [0.25, 0.3) is 5.22 Å². The molecule has 0 bridgehead atoms. The minimum atomic E-state index is -0.269. The predicted molar refractivity (Wildman–Crippen MR) is 120 cm³/mol. The van der Waals surface area contributed by atoms with E-state index in [2.05, 4.69) is 15.5 Å². The summed E-state index contributed by atoms with van der Waals surface area (Å²) in [5, 5.41) is 11.2. The van der Waals surface area contributed by atoms with Crippen molar-refractivity contribution in [2.24, 2.45) is 0 Å². The molecule has 4 rings (SSSR count). The normalized spacial score (nSPS) is 10.6. The first-order chi connectivity index (χ1) is 15.1. The zero-order valence-corrected chi connectivity index (χ0v) is 17.6. The van der Waals surface area contributed by atoms with Gasteiger partial charge in [0.15, 0.2) is 5.78 Å². The van der Waals surface area contributed by atoms with Gasteiger partial charge in [0.1, 0.15) is 0 Å². The van der Waals surface area contributed by atoms with Crippen molar-refractivity contribution in [1.29, 1.82) is 0 Å². The molecule has 0 unspecified atom stereocenters. The quantitative estimate of drug-likeness (QED) is 0.328. The first-order valence-corrected chi connectivity index (χ1v) is 10.6. The van der Waals surface area contributed by atoms with Crippen LogP contribution in [-0.4, -0.2) is 27.6 Å². The third-order valence-electron chi connectivity index (χ3n) is 4.59. The number of benzene rings is 3. The molecule has 0 aliphatic rings. The molecule has 154 valence electrons. The van der Waals surface area contributed by atoms with Crippen molar-refractivity contribution in [1.82, 2.24) is 10.2 Å². The fourth-order valence-electron chi connectivity index (χ4n) is 3.04. The average Bonchev–Trinajstić information content (AvgIpc) is 3.27. The number of rotatable bonds is 7. The van der Waals surface area contributed by atoms with Gasteiger partial charge in [-0.1, -0.05) is 72.4 Å². The molecule has 0 aliphatic heterocycles. The summed E-state index contributed by atoms with van der Waals surface area (Å²) < 4.78 is 5.68. The molecule has 4 aromatic rings. The average molecular weight is 430 g/mol. The molecule has 6 nitrogen and oxygen atoms in total. The molecular weight excluding hydrogens is 410 g/mol. The van der Waals surface area contributed by atoms with Crippen molar-refractivity contribution in [3.63, 3.8) is 0 Å². The maximum absolute atomic E-state index is 12.8. The molecular formula is C24H19N3O3S. The lowest BCUT2D eigenvalue weighted by atomic mass is 10.0. The van der Waals surface area contributed by atoms with E-state index in [4.69, 9.17) is 4.42 Å². The zero-order chi connectivity index (χ0) is 21.6. The topological polar surface area (TPSA) is 85.1 Å². The summed E-state index contributed by atoms with van der Waals surface area (Å²) >= 11 is 1.14. The summed E-state index contributed by atoms with van der Waals surface area (Å²) in [6, 6.07) is 23.6. The Morgan fingerprint density at radius 3 is 2.42 bits per heavy atom. The lowest BCUT2D eigenvalue weighted by Gasteiger charge is -2.10. The van der Waals surface area contributed by atoms with Crippen molar-refractivity contribution in [3.8, 4) is 11.5 Å². The highest BCUT2D eigenvalue weighted by atomic mass is 32.2. The van der Waals surface area contributed by atoms with Gasteiger partial charge in [-0.15, -0.1) is 10.2 Å². The summed E-state index contributed by atoms with van der Waals surface area (Å²) in [6.07, 6.45) is 0. The molecule has 31 heavy (non-hydrogen) atoms. The van der Waals surface area contributed by atoms with E-state index >= 15 is 0 Å². The molecule has 7 heteroatoms. The van der Waals surface area contributed by atoms with Crippen LogP contribution in [0.25, 0.3) is 11.5 Å². The van der Waals surface area contributed by atoms with Crippen LogP contribution in [0.2, 0.25) is 0 Å². The third-order valence-corrected chi connectivity index (χ3v) is 5.41. The van der Waals surface area contributed by atoms with E-state index in [1.54, 1.807) is 48.5 Å². The molecule has 0 radical (unpaired) electrons. The van der Waals surface area contributed by atoms with Gasteiger partial charge in [-0.3, -0.25) is 9.59 Å². The first-order valence-electron chi connectivity index (χ1n) is 9.63. The summed E-state index contributed by atoms with van der Waals surface area (Å²) in [5.41, 5.74) is 3.35. The minimum Gasteiger partial charge on any atom is -0.411 e. The number of aryl methyl sites for hydroxylation is 1. The van der Waals surface area contributed by atoms with Crippen LogP contribution in [0.1, 0.15) is 21.5 Å². The summed E-state index contributed by atoms with van der Waals surface area (Å²) in [7, 11) is 0. The van der Waals surface area contributed by atoms with Crippen LogP contribution in [0, 0.1) is 6.92 Å². The number of ketones is 1. The number of carbonyl (C=O) groups is 2. The van der Waals surface area contributed by atoms with Crippen molar-refractivity contribution in [3.05, 3.63) is 95.6 Å². The number of hydrogen-bond donors (Lipinski definition) is 1. The number of aromatic nitrogens is 2. The Morgan fingerprint density at radius 2 is 1.61 bits per heavy atom. The second kappa shape index (κ2) is 9.40. The molecule has 1 heterocycles. The number of anilines is 1. The molecule has 0 fully saturated rings. The van der Waals surface area contributed by atoms with E-state index in [0.29, 0.717) is 27.9 Å². The van der Waals surface area contributed by atoms with E-state index in [1.165, 1.54) is 0 Å². The molecule has 0 spiro atoms. The molecule has 0 saturated heterocycles. The van der Waals surface area contributed by atoms with Crippen LogP contribution >= 0.6 is 11.8 Å². The SMILES string of the molecule is Cc1ccccc1-c1nnc(SCC(=O)Nc2ccccc2C(=O)c2ccccc2)o1. The van der Waals surface area contributed by atoms with Crippen LogP contribution in [0.4, 0.5) is 5.69 Å². The molecule has 1 amide bonds. The van der Waals surface area contributed by atoms with E-state index in [9.17, 15) is 9.59 Å². The molecule has 0 atom stereocenters. The van der Waals surface area contributed by atoms with Crippen LogP contribution in [0.5, 0.6) is 0 Å². The van der Waals surface area contributed by atoms with E-state index < -0.39 is 0 Å². The Bertz CT molecular complexity index is 1220. The van der Waals surface area contributed by atoms with Gasteiger partial charge in [0, 0.05) is 16.7 Å². The Hall–Kier alpha value is -3.71. The largest absolute Gasteiger partial charge is 0.411 e. The number of amides is 1. The number of thioether (sulfide) groups is 1. The molecule has 1 aromatic heterocycles. The molecule has 3 aromatic carbocycles. The number of nitrogens with zero attached hydrogens (tertiary/aromatic N) is 2. The van der Waals surface area contributed by atoms with E-state index in [-0.39, 0.29) is 17.4 Å². The van der Waals surface area contributed by atoms with E-state index in [0.717, 1.165) is 22.9 Å². The van der Waals surface area contributed by atoms with Gasteiger partial charge in [0.2, 0.25) is 11.8 Å². The molecule has 0 saturated carbocycles. The van der Waals surface area contributed by atoms with Gasteiger partial charge in [-0.25, -0.2) is 0 Å². The first kappa shape index (κ1) is 20.6. The third kappa shape index (κ3) is 4.90.